The van der Waals surface area contributed by atoms with Crippen molar-refractivity contribution in [2.45, 2.75) is 12.5 Å². The third-order valence-corrected chi connectivity index (χ3v) is 6.72. The smallest absolute Gasteiger partial charge is 0.223 e. The van der Waals surface area contributed by atoms with Gasteiger partial charge in [-0.15, -0.1) is 0 Å². The van der Waals surface area contributed by atoms with Crippen LogP contribution in [-0.2, 0) is 0 Å². The van der Waals surface area contributed by atoms with Gasteiger partial charge in [0, 0.05) is 49.3 Å². The van der Waals surface area contributed by atoms with Crippen molar-refractivity contribution in [3.63, 3.8) is 0 Å². The SMILES string of the molecule is CN1CCC2CN(c3cc(Nc4ccc(Oc5ccnc6[nH]ccc56)c(F)c4)nc(N)n3)CC21. The minimum absolute atomic E-state index is 0.120. The van der Waals surface area contributed by atoms with Crippen LogP contribution in [0.4, 0.5) is 27.7 Å². The van der Waals surface area contributed by atoms with E-state index in [0.29, 0.717) is 34.9 Å². The fourth-order valence-corrected chi connectivity index (χ4v) is 4.99. The van der Waals surface area contributed by atoms with Gasteiger partial charge in [0.25, 0.3) is 0 Å². The molecule has 10 heteroatoms. The first-order valence-corrected chi connectivity index (χ1v) is 11.3. The number of nitrogen functional groups attached to an aromatic ring is 1. The topological polar surface area (TPSA) is 108 Å². The summed E-state index contributed by atoms with van der Waals surface area (Å²) in [6.45, 7) is 3.01. The Morgan fingerprint density at radius 1 is 1.15 bits per heavy atom. The molecule has 2 fully saturated rings. The van der Waals surface area contributed by atoms with Crippen molar-refractivity contribution in [2.75, 3.05) is 42.6 Å². The fraction of sp³-hybridized carbons (Fsp3) is 0.292. The average molecular weight is 461 g/mol. The lowest BCUT2D eigenvalue weighted by Gasteiger charge is -2.22. The van der Waals surface area contributed by atoms with Gasteiger partial charge in [-0.3, -0.25) is 0 Å². The number of halogens is 1. The molecule has 3 aromatic heterocycles. The number of pyridine rings is 1. The number of likely N-dealkylation sites (N-methyl/N-ethyl adjacent to an activating group) is 1. The number of rotatable bonds is 5. The zero-order valence-electron chi connectivity index (χ0n) is 18.7. The predicted molar refractivity (Wildman–Crippen MR) is 129 cm³/mol. The van der Waals surface area contributed by atoms with E-state index in [4.69, 9.17) is 10.5 Å². The molecule has 4 N–H and O–H groups in total. The molecule has 5 heterocycles. The molecule has 0 spiro atoms. The Bertz CT molecular complexity index is 1360. The van der Waals surface area contributed by atoms with Crippen LogP contribution in [0.2, 0.25) is 0 Å². The number of benzene rings is 1. The molecular formula is C24H25FN8O. The van der Waals surface area contributed by atoms with Gasteiger partial charge < -0.3 is 30.6 Å². The van der Waals surface area contributed by atoms with Crippen LogP contribution in [0.15, 0.2) is 48.8 Å². The molecule has 0 saturated carbocycles. The molecule has 2 aliphatic heterocycles. The highest BCUT2D eigenvalue weighted by molar-refractivity contribution is 5.82. The van der Waals surface area contributed by atoms with Gasteiger partial charge in [-0.25, -0.2) is 9.37 Å². The van der Waals surface area contributed by atoms with Crippen molar-refractivity contribution in [1.29, 1.82) is 0 Å². The number of hydrogen-bond donors (Lipinski definition) is 3. The number of hydrogen-bond acceptors (Lipinski definition) is 8. The van der Waals surface area contributed by atoms with Gasteiger partial charge in [0.2, 0.25) is 5.95 Å². The van der Waals surface area contributed by atoms with Crippen molar-refractivity contribution in [3.8, 4) is 11.5 Å². The van der Waals surface area contributed by atoms with Crippen LogP contribution in [0.3, 0.4) is 0 Å². The maximum Gasteiger partial charge on any atom is 0.223 e. The number of ether oxygens (including phenoxy) is 1. The zero-order chi connectivity index (χ0) is 23.2. The third-order valence-electron chi connectivity index (χ3n) is 6.72. The Balaban J connectivity index is 1.20. The minimum atomic E-state index is -0.497. The Hall–Kier alpha value is -3.92. The first-order valence-electron chi connectivity index (χ1n) is 11.3. The highest BCUT2D eigenvalue weighted by Gasteiger charge is 2.40. The number of nitrogens with two attached hydrogens (primary N) is 1. The van der Waals surface area contributed by atoms with E-state index in [2.05, 4.69) is 42.1 Å². The second kappa shape index (κ2) is 8.14. The molecule has 2 aliphatic rings. The van der Waals surface area contributed by atoms with Gasteiger partial charge in [-0.2, -0.15) is 9.97 Å². The third kappa shape index (κ3) is 3.75. The second-order valence-corrected chi connectivity index (χ2v) is 8.89. The first kappa shape index (κ1) is 20.7. The Kier molecular flexibility index (Phi) is 4.95. The van der Waals surface area contributed by atoms with E-state index in [1.165, 1.54) is 12.5 Å². The fourth-order valence-electron chi connectivity index (χ4n) is 4.99. The van der Waals surface area contributed by atoms with E-state index in [1.807, 2.05) is 12.1 Å². The van der Waals surface area contributed by atoms with Crippen LogP contribution in [0, 0.1) is 11.7 Å². The minimum Gasteiger partial charge on any atom is -0.453 e. The molecule has 34 heavy (non-hydrogen) atoms. The summed E-state index contributed by atoms with van der Waals surface area (Å²) >= 11 is 0. The van der Waals surface area contributed by atoms with Gasteiger partial charge in [-0.1, -0.05) is 0 Å². The Labute approximate surface area is 195 Å². The Morgan fingerprint density at radius 2 is 2.06 bits per heavy atom. The van der Waals surface area contributed by atoms with Crippen LogP contribution in [0.25, 0.3) is 11.0 Å². The van der Waals surface area contributed by atoms with Crippen LogP contribution >= 0.6 is 0 Å². The maximum absolute atomic E-state index is 14.9. The summed E-state index contributed by atoms with van der Waals surface area (Å²) in [5, 5.41) is 3.93. The Morgan fingerprint density at radius 3 is 2.91 bits per heavy atom. The van der Waals surface area contributed by atoms with Crippen molar-refractivity contribution in [1.82, 2.24) is 24.8 Å². The summed E-state index contributed by atoms with van der Waals surface area (Å²) in [5.74, 6) is 2.28. The number of H-pyrrole nitrogens is 1. The molecule has 4 aromatic rings. The van der Waals surface area contributed by atoms with E-state index in [9.17, 15) is 4.39 Å². The summed E-state index contributed by atoms with van der Waals surface area (Å²) in [6, 6.07) is 10.6. The number of nitrogens with one attached hydrogen (secondary N) is 2. The van der Waals surface area contributed by atoms with E-state index >= 15 is 0 Å². The summed E-state index contributed by atoms with van der Waals surface area (Å²) < 4.78 is 20.7. The normalized spacial score (nSPS) is 20.1. The van der Waals surface area contributed by atoms with Crippen LogP contribution in [0.5, 0.6) is 11.5 Å². The lowest BCUT2D eigenvalue weighted by molar-refractivity contribution is 0.310. The molecule has 2 saturated heterocycles. The van der Waals surface area contributed by atoms with Crippen molar-refractivity contribution in [2.24, 2.45) is 5.92 Å². The molecule has 2 unspecified atom stereocenters. The van der Waals surface area contributed by atoms with E-state index in [1.54, 1.807) is 30.6 Å². The second-order valence-electron chi connectivity index (χ2n) is 8.89. The van der Waals surface area contributed by atoms with E-state index < -0.39 is 5.82 Å². The summed E-state index contributed by atoms with van der Waals surface area (Å²) in [6.07, 6.45) is 4.58. The zero-order valence-corrected chi connectivity index (χ0v) is 18.7. The van der Waals surface area contributed by atoms with Crippen molar-refractivity contribution in [3.05, 3.63) is 54.6 Å². The van der Waals surface area contributed by atoms with Crippen molar-refractivity contribution >= 4 is 34.3 Å². The molecule has 9 nitrogen and oxygen atoms in total. The average Bonchev–Trinajstić information content (AvgIpc) is 3.53. The lowest BCUT2D eigenvalue weighted by atomic mass is 10.1. The number of anilines is 4. The molecule has 0 bridgehead atoms. The van der Waals surface area contributed by atoms with Gasteiger partial charge in [-0.05, 0) is 50.2 Å². The molecule has 0 aliphatic carbocycles. The standard InChI is InChI=1S/C24H25FN8O/c1-32-9-6-14-12-33(13-18(14)32)22-11-21(30-24(26)31-22)29-15-2-3-20(17(25)10-15)34-19-5-8-28-23-16(19)4-7-27-23/h2-5,7-8,10-11,14,18H,6,9,12-13H2,1H3,(H,27,28)(H3,26,29,30,31). The van der Waals surface area contributed by atoms with Crippen molar-refractivity contribution < 1.29 is 9.13 Å². The highest BCUT2D eigenvalue weighted by Crippen LogP contribution is 2.34. The molecule has 1 aromatic carbocycles. The van der Waals surface area contributed by atoms with E-state index in [-0.39, 0.29) is 11.7 Å². The van der Waals surface area contributed by atoms with E-state index in [0.717, 1.165) is 30.8 Å². The molecular weight excluding hydrogens is 435 g/mol. The van der Waals surface area contributed by atoms with Gasteiger partial charge >= 0.3 is 0 Å². The lowest BCUT2D eigenvalue weighted by Crippen LogP contribution is -2.32. The monoisotopic (exact) mass is 460 g/mol. The molecule has 0 radical (unpaired) electrons. The van der Waals surface area contributed by atoms with Gasteiger partial charge in [0.05, 0.1) is 5.39 Å². The van der Waals surface area contributed by atoms with Gasteiger partial charge in [0.1, 0.15) is 23.0 Å². The van der Waals surface area contributed by atoms with Crippen LogP contribution in [-0.4, -0.2) is 57.6 Å². The highest BCUT2D eigenvalue weighted by atomic mass is 19.1. The van der Waals surface area contributed by atoms with Gasteiger partial charge in [0.15, 0.2) is 11.6 Å². The quantitative estimate of drug-likeness (QED) is 0.413. The number of likely N-dealkylation sites (tertiary alicyclic amines) is 1. The van der Waals surface area contributed by atoms with Crippen LogP contribution < -0.4 is 20.7 Å². The molecule has 2 atom stereocenters. The molecule has 174 valence electrons. The predicted octanol–water partition coefficient (Wildman–Crippen LogP) is 3.75. The number of aromatic amines is 1. The molecule has 0 amide bonds. The summed E-state index contributed by atoms with van der Waals surface area (Å²) in [7, 11) is 2.17. The largest absolute Gasteiger partial charge is 0.453 e. The first-order chi connectivity index (χ1) is 16.5. The summed E-state index contributed by atoms with van der Waals surface area (Å²) in [4.78, 5) is 20.6. The maximum atomic E-state index is 14.9. The number of fused-ring (bicyclic) bond motifs is 2. The molecule has 6 rings (SSSR count). The summed E-state index contributed by atoms with van der Waals surface area (Å²) in [5.41, 5.74) is 7.22. The van der Waals surface area contributed by atoms with Crippen LogP contribution in [0.1, 0.15) is 6.42 Å². The number of nitrogens with zero attached hydrogens (tertiary/aromatic N) is 5. The number of aromatic nitrogens is 4.